The summed E-state index contributed by atoms with van der Waals surface area (Å²) >= 11 is 0. The number of aryl methyl sites for hydroxylation is 1. The second-order valence-electron chi connectivity index (χ2n) is 8.75. The number of benzene rings is 2. The van der Waals surface area contributed by atoms with Crippen molar-refractivity contribution < 1.29 is 28.7 Å². The Morgan fingerprint density at radius 2 is 1.51 bits per heavy atom. The van der Waals surface area contributed by atoms with Gasteiger partial charge in [0.15, 0.2) is 12.4 Å². The minimum absolute atomic E-state index is 0.0355. The monoisotopic (exact) mass is 480 g/mol. The molecular weight excluding hydrogens is 448 g/mol. The Kier molecular flexibility index (Phi) is 9.83. The molecule has 0 radical (unpaired) electrons. The van der Waals surface area contributed by atoms with Gasteiger partial charge in [0.05, 0.1) is 6.04 Å². The van der Waals surface area contributed by atoms with Gasteiger partial charge in [-0.15, -0.1) is 0 Å². The molecule has 2 atom stereocenters. The second kappa shape index (κ2) is 13.3. The molecule has 0 saturated heterocycles. The van der Waals surface area contributed by atoms with Gasteiger partial charge in [0.2, 0.25) is 5.91 Å². The molecule has 0 heterocycles. The van der Waals surface area contributed by atoms with Gasteiger partial charge in [0.1, 0.15) is 6.61 Å². The van der Waals surface area contributed by atoms with Crippen molar-refractivity contribution in [2.24, 2.45) is 5.92 Å². The van der Waals surface area contributed by atoms with E-state index in [0.717, 1.165) is 24.0 Å². The molecule has 2 amide bonds. The minimum atomic E-state index is -0.799. The normalized spacial score (nSPS) is 14.3. The van der Waals surface area contributed by atoms with E-state index in [2.05, 4.69) is 10.6 Å². The average molecular weight is 481 g/mol. The Morgan fingerprint density at radius 3 is 2.11 bits per heavy atom. The molecule has 2 aromatic rings. The van der Waals surface area contributed by atoms with E-state index in [0.29, 0.717) is 12.8 Å². The van der Waals surface area contributed by atoms with Crippen molar-refractivity contribution in [3.05, 3.63) is 71.8 Å². The summed E-state index contributed by atoms with van der Waals surface area (Å²) in [6.07, 6.45) is 2.24. The highest BCUT2D eigenvalue weighted by Crippen LogP contribution is 2.34. The van der Waals surface area contributed by atoms with Gasteiger partial charge in [-0.05, 0) is 42.7 Å². The number of nitrogens with one attached hydrogen (secondary N) is 2. The lowest BCUT2D eigenvalue weighted by molar-refractivity contribution is -0.146. The van der Waals surface area contributed by atoms with E-state index in [-0.39, 0.29) is 36.7 Å². The van der Waals surface area contributed by atoms with Crippen LogP contribution < -0.4 is 10.6 Å². The summed E-state index contributed by atoms with van der Waals surface area (Å²) in [4.78, 5) is 48.9. The number of ketones is 1. The minimum Gasteiger partial charge on any atom is -0.458 e. The molecule has 1 unspecified atom stereocenters. The van der Waals surface area contributed by atoms with E-state index in [1.54, 1.807) is 0 Å². The first-order valence-electron chi connectivity index (χ1n) is 11.9. The van der Waals surface area contributed by atoms with Crippen LogP contribution in [0.1, 0.15) is 43.7 Å². The van der Waals surface area contributed by atoms with Crippen LogP contribution in [-0.4, -0.2) is 42.4 Å². The lowest BCUT2D eigenvalue weighted by Gasteiger charge is -2.21. The third-order valence-corrected chi connectivity index (χ3v) is 5.82. The molecule has 1 aliphatic carbocycles. The van der Waals surface area contributed by atoms with Crippen molar-refractivity contribution in [2.75, 3.05) is 6.61 Å². The Morgan fingerprint density at radius 1 is 0.886 bits per heavy atom. The van der Waals surface area contributed by atoms with Crippen LogP contribution in [0.4, 0.5) is 4.79 Å². The number of carbonyl (C=O) groups excluding carboxylic acids is 4. The Balaban J connectivity index is 1.54. The number of rotatable bonds is 13. The lowest BCUT2D eigenvalue weighted by atomic mass is 10.0. The molecule has 0 bridgehead atoms. The number of hydrogen-bond donors (Lipinski definition) is 2. The summed E-state index contributed by atoms with van der Waals surface area (Å²) in [6.45, 7) is 0.973. The zero-order chi connectivity index (χ0) is 25.0. The Bertz CT molecular complexity index is 991. The number of hydrogen-bond acceptors (Lipinski definition) is 6. The van der Waals surface area contributed by atoms with E-state index in [1.807, 2.05) is 60.7 Å². The highest BCUT2D eigenvalue weighted by molar-refractivity contribution is 5.91. The standard InChI is InChI=1S/C27H32N2O6/c1-19(30)34-18-25(31)23(15-12-20-8-4-2-5-9-20)28-26(32)16-24(22-13-14-22)29-27(33)35-17-21-10-6-3-7-11-21/h2-11,22-24H,12-18H2,1H3,(H,28,32)(H,29,33)/t23-,24?/m0/s1. The molecule has 8 heteroatoms. The van der Waals surface area contributed by atoms with E-state index in [1.165, 1.54) is 6.92 Å². The van der Waals surface area contributed by atoms with Gasteiger partial charge in [-0.3, -0.25) is 14.4 Å². The SMILES string of the molecule is CC(=O)OCC(=O)[C@H](CCc1ccccc1)NC(=O)CC(NC(=O)OCc1ccccc1)C1CC1. The summed E-state index contributed by atoms with van der Waals surface area (Å²) in [7, 11) is 0. The van der Waals surface area contributed by atoms with Gasteiger partial charge in [-0.25, -0.2) is 4.79 Å². The number of ether oxygens (including phenoxy) is 2. The van der Waals surface area contributed by atoms with Crippen molar-refractivity contribution in [3.63, 3.8) is 0 Å². The fourth-order valence-corrected chi connectivity index (χ4v) is 3.75. The molecule has 0 aliphatic heterocycles. The first-order valence-corrected chi connectivity index (χ1v) is 11.9. The first-order chi connectivity index (χ1) is 16.9. The fraction of sp³-hybridized carbons (Fsp3) is 0.407. The maximum atomic E-state index is 12.8. The van der Waals surface area contributed by atoms with Crippen LogP contribution in [0.5, 0.6) is 0 Å². The van der Waals surface area contributed by atoms with Crippen molar-refractivity contribution in [3.8, 4) is 0 Å². The van der Waals surface area contributed by atoms with Crippen LogP contribution >= 0.6 is 0 Å². The summed E-state index contributed by atoms with van der Waals surface area (Å²) in [5.41, 5.74) is 1.90. The largest absolute Gasteiger partial charge is 0.458 e. The highest BCUT2D eigenvalue weighted by Gasteiger charge is 2.35. The van der Waals surface area contributed by atoms with E-state index in [9.17, 15) is 19.2 Å². The molecule has 0 spiro atoms. The molecule has 2 aromatic carbocycles. The molecule has 0 aromatic heterocycles. The number of esters is 1. The van der Waals surface area contributed by atoms with E-state index < -0.39 is 24.7 Å². The zero-order valence-electron chi connectivity index (χ0n) is 19.9. The van der Waals surface area contributed by atoms with Crippen molar-refractivity contribution in [1.29, 1.82) is 0 Å². The molecule has 186 valence electrons. The summed E-state index contributed by atoms with van der Waals surface area (Å²) < 4.78 is 10.1. The fourth-order valence-electron chi connectivity index (χ4n) is 3.75. The Labute approximate surface area is 205 Å². The summed E-state index contributed by atoms with van der Waals surface area (Å²) in [6, 6.07) is 17.8. The highest BCUT2D eigenvalue weighted by atomic mass is 16.5. The third kappa shape index (κ3) is 9.60. The van der Waals surface area contributed by atoms with Gasteiger partial charge in [0.25, 0.3) is 0 Å². The van der Waals surface area contributed by atoms with Gasteiger partial charge in [-0.2, -0.15) is 0 Å². The van der Waals surface area contributed by atoms with Crippen LogP contribution in [0.3, 0.4) is 0 Å². The summed E-state index contributed by atoms with van der Waals surface area (Å²) in [5, 5.41) is 5.59. The third-order valence-electron chi connectivity index (χ3n) is 5.82. The van der Waals surface area contributed by atoms with Crippen LogP contribution in [0.2, 0.25) is 0 Å². The van der Waals surface area contributed by atoms with Crippen LogP contribution in [0.15, 0.2) is 60.7 Å². The topological polar surface area (TPSA) is 111 Å². The van der Waals surface area contributed by atoms with Gasteiger partial charge >= 0.3 is 12.1 Å². The number of alkyl carbamates (subject to hydrolysis) is 1. The zero-order valence-corrected chi connectivity index (χ0v) is 19.9. The quantitative estimate of drug-likeness (QED) is 0.426. The molecule has 1 fully saturated rings. The molecule has 1 aliphatic rings. The second-order valence-corrected chi connectivity index (χ2v) is 8.75. The van der Waals surface area contributed by atoms with Crippen molar-refractivity contribution in [1.82, 2.24) is 10.6 Å². The smallest absolute Gasteiger partial charge is 0.407 e. The molecule has 3 rings (SSSR count). The molecule has 8 nitrogen and oxygen atoms in total. The molecule has 35 heavy (non-hydrogen) atoms. The van der Waals surface area contributed by atoms with Crippen LogP contribution in [0, 0.1) is 5.92 Å². The predicted octanol–water partition coefficient (Wildman–Crippen LogP) is 3.33. The van der Waals surface area contributed by atoms with Gasteiger partial charge in [-0.1, -0.05) is 60.7 Å². The van der Waals surface area contributed by atoms with E-state index in [4.69, 9.17) is 9.47 Å². The van der Waals surface area contributed by atoms with Gasteiger partial charge in [0, 0.05) is 19.4 Å². The molecule has 2 N–H and O–H groups in total. The lowest BCUT2D eigenvalue weighted by Crippen LogP contribution is -2.46. The number of carbonyl (C=O) groups is 4. The summed E-state index contributed by atoms with van der Waals surface area (Å²) in [5.74, 6) is -1.08. The Hall–Kier alpha value is -3.68. The van der Waals surface area contributed by atoms with Gasteiger partial charge < -0.3 is 20.1 Å². The maximum absolute atomic E-state index is 12.8. The van der Waals surface area contributed by atoms with Crippen LogP contribution in [0.25, 0.3) is 0 Å². The number of amides is 2. The maximum Gasteiger partial charge on any atom is 0.407 e. The molecule has 1 saturated carbocycles. The van der Waals surface area contributed by atoms with Crippen molar-refractivity contribution in [2.45, 2.75) is 57.7 Å². The van der Waals surface area contributed by atoms with Crippen LogP contribution in [-0.2, 0) is 36.9 Å². The average Bonchev–Trinajstić information content (AvgIpc) is 3.70. The van der Waals surface area contributed by atoms with Crippen molar-refractivity contribution >= 4 is 23.8 Å². The molecular formula is C27H32N2O6. The predicted molar refractivity (Wildman–Crippen MR) is 129 cm³/mol. The van der Waals surface area contributed by atoms with E-state index >= 15 is 0 Å². The first kappa shape index (κ1) is 25.9. The number of Topliss-reactive ketones (excluding diaryl/α,β-unsaturated/α-hetero) is 1.